The summed E-state index contributed by atoms with van der Waals surface area (Å²) < 4.78 is 20.6. The normalized spacial score (nSPS) is 10.2. The van der Waals surface area contributed by atoms with Gasteiger partial charge in [0.2, 0.25) is 5.76 Å². The summed E-state index contributed by atoms with van der Waals surface area (Å²) in [5, 5.41) is 0. The first kappa shape index (κ1) is 14.1. The minimum atomic E-state index is -0.487. The van der Waals surface area contributed by atoms with Crippen LogP contribution in [0.2, 0.25) is 0 Å². The van der Waals surface area contributed by atoms with Crippen LogP contribution in [0.4, 0.5) is 0 Å². The minimum Gasteiger partial charge on any atom is -0.491 e. The van der Waals surface area contributed by atoms with Crippen molar-refractivity contribution in [3.8, 4) is 5.75 Å². The highest BCUT2D eigenvalue weighted by Gasteiger charge is 2.08. The summed E-state index contributed by atoms with van der Waals surface area (Å²) in [4.78, 5) is 11.4. The van der Waals surface area contributed by atoms with Gasteiger partial charge in [0.15, 0.2) is 0 Å². The van der Waals surface area contributed by atoms with Crippen LogP contribution in [0.15, 0.2) is 53.1 Å². The Morgan fingerprint density at radius 1 is 0.950 bits per heavy atom. The predicted octanol–water partition coefficient (Wildman–Crippen LogP) is 2.53. The molecule has 0 saturated heterocycles. The number of ether oxygens (including phenoxy) is 3. The fourth-order valence-corrected chi connectivity index (χ4v) is 1.50. The van der Waals surface area contributed by atoms with Crippen LogP contribution in [-0.2, 0) is 9.47 Å². The van der Waals surface area contributed by atoms with Crippen LogP contribution < -0.4 is 4.74 Å². The lowest BCUT2D eigenvalue weighted by molar-refractivity contribution is 0.0246. The lowest BCUT2D eigenvalue weighted by Gasteiger charge is -2.07. The Morgan fingerprint density at radius 3 is 2.50 bits per heavy atom. The first-order valence-electron chi connectivity index (χ1n) is 6.32. The topological polar surface area (TPSA) is 57.9 Å². The predicted molar refractivity (Wildman–Crippen MR) is 71.7 cm³/mol. The third kappa shape index (κ3) is 4.78. The van der Waals surface area contributed by atoms with E-state index in [9.17, 15) is 4.79 Å². The van der Waals surface area contributed by atoms with E-state index in [4.69, 9.17) is 18.6 Å². The van der Waals surface area contributed by atoms with Crippen LogP contribution in [-0.4, -0.2) is 32.4 Å². The molecule has 0 aliphatic heterocycles. The summed E-state index contributed by atoms with van der Waals surface area (Å²) in [6.07, 6.45) is 1.42. The number of carbonyl (C=O) groups is 1. The lowest BCUT2D eigenvalue weighted by Crippen LogP contribution is -2.13. The van der Waals surface area contributed by atoms with E-state index >= 15 is 0 Å². The summed E-state index contributed by atoms with van der Waals surface area (Å²) in [6, 6.07) is 12.7. The molecule has 0 saturated carbocycles. The van der Waals surface area contributed by atoms with Gasteiger partial charge in [-0.2, -0.15) is 0 Å². The molecular weight excluding hydrogens is 260 g/mol. The maximum atomic E-state index is 11.4. The zero-order chi connectivity index (χ0) is 14.0. The zero-order valence-electron chi connectivity index (χ0n) is 11.0. The van der Waals surface area contributed by atoms with Gasteiger partial charge in [0.05, 0.1) is 19.5 Å². The third-order valence-corrected chi connectivity index (χ3v) is 2.42. The summed E-state index contributed by atoms with van der Waals surface area (Å²) in [5.74, 6) is 0.511. The van der Waals surface area contributed by atoms with Crippen molar-refractivity contribution in [3.05, 3.63) is 54.5 Å². The third-order valence-electron chi connectivity index (χ3n) is 2.42. The summed E-state index contributed by atoms with van der Waals surface area (Å²) >= 11 is 0. The standard InChI is InChI=1S/C15H16O5/c16-15(14-7-4-8-19-14)20-12-10-17-9-11-18-13-5-2-1-3-6-13/h1-8H,9-12H2. The lowest BCUT2D eigenvalue weighted by atomic mass is 10.3. The van der Waals surface area contributed by atoms with Gasteiger partial charge in [0.1, 0.15) is 19.0 Å². The number of hydrogen-bond acceptors (Lipinski definition) is 5. The smallest absolute Gasteiger partial charge is 0.374 e. The summed E-state index contributed by atoms with van der Waals surface area (Å²) in [7, 11) is 0. The molecular formula is C15H16O5. The van der Waals surface area contributed by atoms with Crippen molar-refractivity contribution >= 4 is 5.97 Å². The Morgan fingerprint density at radius 2 is 1.75 bits per heavy atom. The van der Waals surface area contributed by atoms with E-state index < -0.39 is 5.97 Å². The molecule has 1 heterocycles. The number of para-hydroxylation sites is 1. The second-order valence-corrected chi connectivity index (χ2v) is 3.89. The molecule has 0 aliphatic rings. The van der Waals surface area contributed by atoms with Crippen LogP contribution in [0.25, 0.3) is 0 Å². The molecule has 0 amide bonds. The van der Waals surface area contributed by atoms with Crippen molar-refractivity contribution in [2.45, 2.75) is 0 Å². The molecule has 1 aromatic carbocycles. The first-order valence-corrected chi connectivity index (χ1v) is 6.32. The van der Waals surface area contributed by atoms with Crippen molar-refractivity contribution in [2.24, 2.45) is 0 Å². The van der Waals surface area contributed by atoms with Gasteiger partial charge in [-0.1, -0.05) is 18.2 Å². The number of rotatable bonds is 8. The van der Waals surface area contributed by atoms with E-state index in [1.165, 1.54) is 6.26 Å². The van der Waals surface area contributed by atoms with Gasteiger partial charge in [-0.05, 0) is 24.3 Å². The molecule has 1 aromatic heterocycles. The average molecular weight is 276 g/mol. The maximum absolute atomic E-state index is 11.4. The van der Waals surface area contributed by atoms with Gasteiger partial charge in [-0.25, -0.2) is 4.79 Å². The van der Waals surface area contributed by atoms with Gasteiger partial charge in [0.25, 0.3) is 0 Å². The van der Waals surface area contributed by atoms with E-state index in [1.807, 2.05) is 30.3 Å². The Bertz CT molecular complexity index is 492. The number of carbonyl (C=O) groups excluding carboxylic acids is 1. The van der Waals surface area contributed by atoms with Crippen LogP contribution in [0, 0.1) is 0 Å². The summed E-state index contributed by atoms with van der Waals surface area (Å²) in [5.41, 5.74) is 0. The molecule has 0 atom stereocenters. The highest BCUT2D eigenvalue weighted by atomic mass is 16.6. The number of hydrogen-bond donors (Lipinski definition) is 0. The van der Waals surface area contributed by atoms with Crippen molar-refractivity contribution in [2.75, 3.05) is 26.4 Å². The minimum absolute atomic E-state index is 0.185. The fraction of sp³-hybridized carbons (Fsp3) is 0.267. The Balaban J connectivity index is 1.49. The number of furan rings is 1. The highest BCUT2D eigenvalue weighted by molar-refractivity contribution is 5.86. The summed E-state index contributed by atoms with van der Waals surface area (Å²) in [6.45, 7) is 1.40. The van der Waals surface area contributed by atoms with Crippen molar-refractivity contribution in [1.29, 1.82) is 0 Å². The molecule has 20 heavy (non-hydrogen) atoms. The average Bonchev–Trinajstić information content (AvgIpc) is 3.01. The van der Waals surface area contributed by atoms with Crippen LogP contribution in [0.5, 0.6) is 5.75 Å². The fourth-order valence-electron chi connectivity index (χ4n) is 1.50. The molecule has 0 N–H and O–H groups in total. The maximum Gasteiger partial charge on any atom is 0.374 e. The molecule has 0 bridgehead atoms. The molecule has 5 heteroatoms. The van der Waals surface area contributed by atoms with E-state index in [-0.39, 0.29) is 12.4 Å². The van der Waals surface area contributed by atoms with Crippen LogP contribution >= 0.6 is 0 Å². The Hall–Kier alpha value is -2.27. The molecule has 2 rings (SSSR count). The van der Waals surface area contributed by atoms with E-state index in [2.05, 4.69) is 0 Å². The monoisotopic (exact) mass is 276 g/mol. The SMILES string of the molecule is O=C(OCCOCCOc1ccccc1)c1ccco1. The zero-order valence-corrected chi connectivity index (χ0v) is 11.0. The van der Waals surface area contributed by atoms with Crippen LogP contribution in [0.1, 0.15) is 10.6 Å². The second-order valence-electron chi connectivity index (χ2n) is 3.89. The Labute approximate surface area is 117 Å². The van der Waals surface area contributed by atoms with Gasteiger partial charge in [-0.3, -0.25) is 0 Å². The largest absolute Gasteiger partial charge is 0.491 e. The van der Waals surface area contributed by atoms with Gasteiger partial charge < -0.3 is 18.6 Å². The molecule has 0 unspecified atom stereocenters. The van der Waals surface area contributed by atoms with E-state index in [0.717, 1.165) is 5.75 Å². The van der Waals surface area contributed by atoms with Crippen molar-refractivity contribution in [1.82, 2.24) is 0 Å². The highest BCUT2D eigenvalue weighted by Crippen LogP contribution is 2.07. The first-order chi connectivity index (χ1) is 9.86. The van der Waals surface area contributed by atoms with Crippen molar-refractivity contribution < 1.29 is 23.4 Å². The van der Waals surface area contributed by atoms with E-state index in [1.54, 1.807) is 12.1 Å². The number of esters is 1. The Kier molecular flexibility index (Phi) is 5.67. The molecule has 2 aromatic rings. The van der Waals surface area contributed by atoms with E-state index in [0.29, 0.717) is 19.8 Å². The molecule has 106 valence electrons. The molecule has 0 aliphatic carbocycles. The molecule has 0 spiro atoms. The second kappa shape index (κ2) is 8.01. The molecule has 0 radical (unpaired) electrons. The quantitative estimate of drug-likeness (QED) is 0.547. The van der Waals surface area contributed by atoms with Gasteiger partial charge >= 0.3 is 5.97 Å². The van der Waals surface area contributed by atoms with Gasteiger partial charge in [0, 0.05) is 0 Å². The number of benzene rings is 1. The van der Waals surface area contributed by atoms with Gasteiger partial charge in [-0.15, -0.1) is 0 Å². The molecule has 5 nitrogen and oxygen atoms in total. The molecule has 0 fully saturated rings. The van der Waals surface area contributed by atoms with Crippen molar-refractivity contribution in [3.63, 3.8) is 0 Å². The van der Waals surface area contributed by atoms with Crippen LogP contribution in [0.3, 0.4) is 0 Å².